The van der Waals surface area contributed by atoms with Crippen molar-refractivity contribution in [2.45, 2.75) is 94.4 Å². The molecule has 5 aliphatic rings. The van der Waals surface area contributed by atoms with Crippen LogP contribution in [0, 0.1) is 5.92 Å². The summed E-state index contributed by atoms with van der Waals surface area (Å²) in [6, 6.07) is 15.8. The van der Waals surface area contributed by atoms with E-state index in [0.717, 1.165) is 99.3 Å². The summed E-state index contributed by atoms with van der Waals surface area (Å²) in [5, 5.41) is 6.84. The third-order valence-electron chi connectivity index (χ3n) is 13.1. The van der Waals surface area contributed by atoms with E-state index in [4.69, 9.17) is 14.7 Å². The predicted molar refractivity (Wildman–Crippen MR) is 211 cm³/mol. The standard InChI is InChI=1S/C43H52F2N8O3/c1-27-20-34-33-4-2-3-5-35(33)49-39(34)40(53(27)25-37(44)45)31-22-46-42(47-23-31)52-18-14-43(15-19-52)21-28(26-56-43)24-51-16-12-30(13-17-51)29-6-8-32(9-7-29)48-36-10-11-38(54)50-41(36)55/h2-9,22-23,27-28,30,36-37,40,48-49H,10-21,24-26H2,1H3,(H,50,54,55)/t27-,28-,36+,40-/m0/s1. The van der Waals surface area contributed by atoms with Crippen LogP contribution in [0.2, 0.25) is 0 Å². The van der Waals surface area contributed by atoms with E-state index >= 15 is 0 Å². The number of hydrogen-bond donors (Lipinski definition) is 3. The number of aromatic amines is 1. The minimum Gasteiger partial charge on any atom is -0.375 e. The minimum atomic E-state index is -2.44. The second kappa shape index (κ2) is 15.5. The molecule has 1 spiro atoms. The third kappa shape index (κ3) is 7.53. The monoisotopic (exact) mass is 766 g/mol. The fourth-order valence-corrected chi connectivity index (χ4v) is 10.2. The summed E-state index contributed by atoms with van der Waals surface area (Å²) >= 11 is 0. The van der Waals surface area contributed by atoms with Crippen molar-refractivity contribution in [2.24, 2.45) is 5.92 Å². The van der Waals surface area contributed by atoms with Gasteiger partial charge in [0, 0.05) is 72.3 Å². The fraction of sp³-hybridized carbons (Fsp3) is 0.535. The third-order valence-corrected chi connectivity index (χ3v) is 13.1. The van der Waals surface area contributed by atoms with Crippen LogP contribution < -0.4 is 15.5 Å². The molecule has 3 N–H and O–H groups in total. The zero-order valence-corrected chi connectivity index (χ0v) is 32.1. The van der Waals surface area contributed by atoms with Gasteiger partial charge in [-0.3, -0.25) is 19.8 Å². The lowest BCUT2D eigenvalue weighted by Gasteiger charge is -2.41. The number of benzene rings is 2. The summed E-state index contributed by atoms with van der Waals surface area (Å²) in [5.74, 6) is 1.28. The first-order chi connectivity index (χ1) is 27.2. The molecule has 0 unspecified atom stereocenters. The molecule has 2 amide bonds. The van der Waals surface area contributed by atoms with Gasteiger partial charge in [0.1, 0.15) is 6.04 Å². The van der Waals surface area contributed by atoms with Crippen molar-refractivity contribution < 1.29 is 23.1 Å². The van der Waals surface area contributed by atoms with Gasteiger partial charge in [0.25, 0.3) is 6.43 Å². The Hall–Kier alpha value is -4.46. The summed E-state index contributed by atoms with van der Waals surface area (Å²) in [5.41, 5.74) is 6.16. The number of carbonyl (C=O) groups is 2. The lowest BCUT2D eigenvalue weighted by Crippen LogP contribution is -2.47. The lowest BCUT2D eigenvalue weighted by atomic mass is 9.84. The van der Waals surface area contributed by atoms with Crippen molar-refractivity contribution in [3.63, 3.8) is 0 Å². The summed E-state index contributed by atoms with van der Waals surface area (Å²) in [4.78, 5) is 43.6. The molecule has 2 aromatic heterocycles. The van der Waals surface area contributed by atoms with Crippen molar-refractivity contribution in [1.29, 1.82) is 0 Å². The Morgan fingerprint density at radius 3 is 2.45 bits per heavy atom. The van der Waals surface area contributed by atoms with Gasteiger partial charge in [0.05, 0.1) is 24.8 Å². The molecule has 4 fully saturated rings. The molecule has 11 nitrogen and oxygen atoms in total. The molecule has 0 aliphatic carbocycles. The van der Waals surface area contributed by atoms with Gasteiger partial charge in [-0.25, -0.2) is 18.7 Å². The molecular formula is C43H52F2N8O3. The van der Waals surface area contributed by atoms with Crippen LogP contribution in [0.25, 0.3) is 10.9 Å². The molecule has 56 heavy (non-hydrogen) atoms. The number of rotatable bonds is 9. The van der Waals surface area contributed by atoms with E-state index < -0.39 is 6.43 Å². The van der Waals surface area contributed by atoms with Gasteiger partial charge >= 0.3 is 0 Å². The molecule has 4 aromatic rings. The number of likely N-dealkylation sites (tertiary alicyclic amines) is 1. The van der Waals surface area contributed by atoms with E-state index in [2.05, 4.69) is 55.7 Å². The lowest BCUT2D eigenvalue weighted by molar-refractivity contribution is -0.133. The highest BCUT2D eigenvalue weighted by atomic mass is 19.3. The first-order valence-electron chi connectivity index (χ1n) is 20.5. The molecule has 4 atom stereocenters. The average Bonchev–Trinajstić information content (AvgIpc) is 3.77. The molecule has 13 heteroatoms. The zero-order valence-electron chi connectivity index (χ0n) is 32.1. The Labute approximate surface area is 326 Å². The number of para-hydroxylation sites is 1. The van der Waals surface area contributed by atoms with Gasteiger partial charge < -0.3 is 24.8 Å². The van der Waals surface area contributed by atoms with E-state index in [1.54, 1.807) is 0 Å². The Bertz CT molecular complexity index is 2020. The summed E-state index contributed by atoms with van der Waals surface area (Å²) < 4.78 is 34.3. The molecular weight excluding hydrogens is 715 g/mol. The SMILES string of the molecule is C[C@H]1Cc2c([nH]c3ccccc23)[C@H](c2cnc(N3CCC4(CC3)C[C@@H](CN3CCC(c5ccc(N[C@@H]6CCC(=O)NC6=O)cc5)CC3)CO4)nc2)N1CC(F)F. The van der Waals surface area contributed by atoms with Crippen molar-refractivity contribution in [3.05, 3.63) is 83.3 Å². The van der Waals surface area contributed by atoms with Crippen molar-refractivity contribution >= 4 is 34.4 Å². The highest BCUT2D eigenvalue weighted by molar-refractivity contribution is 6.01. The number of nitrogens with zero attached hydrogens (tertiary/aromatic N) is 5. The number of aromatic nitrogens is 3. The number of hydrogen-bond acceptors (Lipinski definition) is 9. The van der Waals surface area contributed by atoms with Crippen LogP contribution in [-0.2, 0) is 20.7 Å². The number of amides is 2. The van der Waals surface area contributed by atoms with Crippen LogP contribution in [0.1, 0.15) is 86.2 Å². The van der Waals surface area contributed by atoms with Crippen LogP contribution in [0.3, 0.4) is 0 Å². The molecule has 4 saturated heterocycles. The zero-order chi connectivity index (χ0) is 38.4. The molecule has 0 bridgehead atoms. The first kappa shape index (κ1) is 37.1. The highest BCUT2D eigenvalue weighted by Crippen LogP contribution is 2.42. The van der Waals surface area contributed by atoms with E-state index in [0.29, 0.717) is 37.0 Å². The average molecular weight is 767 g/mol. The van der Waals surface area contributed by atoms with E-state index in [1.807, 2.05) is 42.4 Å². The number of carbonyl (C=O) groups excluding carboxylic acids is 2. The topological polar surface area (TPSA) is 119 Å². The maximum Gasteiger partial charge on any atom is 0.251 e. The fourth-order valence-electron chi connectivity index (χ4n) is 10.2. The van der Waals surface area contributed by atoms with Crippen LogP contribution >= 0.6 is 0 Å². The van der Waals surface area contributed by atoms with Crippen LogP contribution in [-0.4, -0.2) is 107 Å². The molecule has 0 radical (unpaired) electrons. The summed E-state index contributed by atoms with van der Waals surface area (Å²) in [6.45, 7) is 7.40. The Kier molecular flexibility index (Phi) is 10.3. The van der Waals surface area contributed by atoms with E-state index in [1.165, 1.54) is 11.1 Å². The molecule has 0 saturated carbocycles. The van der Waals surface area contributed by atoms with Gasteiger partial charge in [-0.1, -0.05) is 30.3 Å². The van der Waals surface area contributed by atoms with Gasteiger partial charge in [0.15, 0.2) is 0 Å². The van der Waals surface area contributed by atoms with Gasteiger partial charge in [-0.2, -0.15) is 0 Å². The van der Waals surface area contributed by atoms with E-state index in [9.17, 15) is 18.4 Å². The van der Waals surface area contributed by atoms with Gasteiger partial charge in [-0.15, -0.1) is 0 Å². The number of imide groups is 1. The summed E-state index contributed by atoms with van der Waals surface area (Å²) in [7, 11) is 0. The van der Waals surface area contributed by atoms with Crippen molar-refractivity contribution in [2.75, 3.05) is 56.1 Å². The Balaban J connectivity index is 0.765. The number of fused-ring (bicyclic) bond motifs is 3. The van der Waals surface area contributed by atoms with Gasteiger partial charge in [0.2, 0.25) is 17.8 Å². The molecule has 5 aliphatic heterocycles. The smallest absolute Gasteiger partial charge is 0.251 e. The molecule has 7 heterocycles. The predicted octanol–water partition coefficient (Wildman–Crippen LogP) is 6.03. The second-order valence-corrected chi connectivity index (χ2v) is 16.8. The molecule has 9 rings (SSSR count). The molecule has 296 valence electrons. The Morgan fingerprint density at radius 2 is 1.71 bits per heavy atom. The van der Waals surface area contributed by atoms with Crippen LogP contribution in [0.15, 0.2) is 60.9 Å². The quantitative estimate of drug-likeness (QED) is 0.176. The Morgan fingerprint density at radius 1 is 0.964 bits per heavy atom. The van der Waals surface area contributed by atoms with E-state index in [-0.39, 0.29) is 42.1 Å². The number of ether oxygens (including phenoxy) is 1. The van der Waals surface area contributed by atoms with Gasteiger partial charge in [-0.05, 0) is 106 Å². The number of anilines is 2. The summed E-state index contributed by atoms with van der Waals surface area (Å²) in [6.07, 6.45) is 8.03. The first-order valence-corrected chi connectivity index (χ1v) is 20.5. The van der Waals surface area contributed by atoms with Crippen molar-refractivity contribution in [3.8, 4) is 0 Å². The number of H-pyrrole nitrogens is 1. The maximum absolute atomic E-state index is 13.9. The normalized spacial score (nSPS) is 26.2. The molecule has 2 aromatic carbocycles. The number of nitrogens with one attached hydrogen (secondary N) is 3. The minimum absolute atomic E-state index is 0.0527. The highest BCUT2D eigenvalue weighted by Gasteiger charge is 2.44. The number of halogens is 2. The van der Waals surface area contributed by atoms with Crippen LogP contribution in [0.5, 0.6) is 0 Å². The number of alkyl halides is 2. The second-order valence-electron chi connectivity index (χ2n) is 16.8. The maximum atomic E-state index is 13.9. The van der Waals surface area contributed by atoms with Crippen LogP contribution in [0.4, 0.5) is 20.4 Å². The van der Waals surface area contributed by atoms with Crippen molar-refractivity contribution in [1.82, 2.24) is 30.1 Å². The largest absolute Gasteiger partial charge is 0.375 e. The number of piperidine rings is 3.